The molecular weight excluding hydrogens is 278 g/mol. The van der Waals surface area contributed by atoms with Crippen LogP contribution in [0.3, 0.4) is 0 Å². The second-order valence-corrected chi connectivity index (χ2v) is 5.84. The fraction of sp³-hybridized carbons (Fsp3) is 0.353. The summed E-state index contributed by atoms with van der Waals surface area (Å²) in [6.45, 7) is 3.80. The standard InChI is InChI=1S/C17H21N3O2/c1-11-6-12(10-22-11)8-19-15-5-3-2-4-14(15)16-7-13(9-20-16)17(18)21/h2-5,7,9,11-12,19-20H,6,8,10H2,1H3,(H2,18,21)/t11?,12-/m1/s1. The number of hydrogen-bond acceptors (Lipinski definition) is 3. The second-order valence-electron chi connectivity index (χ2n) is 5.84. The summed E-state index contributed by atoms with van der Waals surface area (Å²) in [5.74, 6) is 0.109. The average molecular weight is 299 g/mol. The predicted octanol–water partition coefficient (Wildman–Crippen LogP) is 2.62. The number of anilines is 1. The average Bonchev–Trinajstić information content (AvgIpc) is 3.14. The number of carbonyl (C=O) groups is 1. The van der Waals surface area contributed by atoms with E-state index < -0.39 is 5.91 Å². The summed E-state index contributed by atoms with van der Waals surface area (Å²) in [6.07, 6.45) is 3.08. The fourth-order valence-electron chi connectivity index (χ4n) is 2.87. The highest BCUT2D eigenvalue weighted by Crippen LogP contribution is 2.28. The molecule has 2 atom stereocenters. The Labute approximate surface area is 129 Å². The molecule has 1 aromatic carbocycles. The number of amides is 1. The van der Waals surface area contributed by atoms with Crippen LogP contribution in [-0.2, 0) is 4.74 Å². The van der Waals surface area contributed by atoms with Crippen molar-refractivity contribution in [3.63, 3.8) is 0 Å². The van der Waals surface area contributed by atoms with Crippen molar-refractivity contribution in [2.75, 3.05) is 18.5 Å². The molecule has 5 heteroatoms. The number of hydrogen-bond donors (Lipinski definition) is 3. The highest BCUT2D eigenvalue weighted by molar-refractivity contribution is 5.94. The van der Waals surface area contributed by atoms with Crippen molar-refractivity contribution in [3.05, 3.63) is 42.1 Å². The van der Waals surface area contributed by atoms with Gasteiger partial charge in [-0.2, -0.15) is 0 Å². The third kappa shape index (κ3) is 3.14. The van der Waals surface area contributed by atoms with Crippen LogP contribution in [-0.4, -0.2) is 30.1 Å². The summed E-state index contributed by atoms with van der Waals surface area (Å²) in [7, 11) is 0. The van der Waals surface area contributed by atoms with Crippen molar-refractivity contribution >= 4 is 11.6 Å². The minimum atomic E-state index is -0.426. The third-order valence-corrected chi connectivity index (χ3v) is 4.05. The van der Waals surface area contributed by atoms with Crippen LogP contribution in [0.5, 0.6) is 0 Å². The number of primary amides is 1. The number of benzene rings is 1. The zero-order valence-corrected chi connectivity index (χ0v) is 12.6. The lowest BCUT2D eigenvalue weighted by atomic mass is 10.1. The SMILES string of the molecule is CC1C[C@H](CNc2ccccc2-c2cc(C(N)=O)c[nH]2)CO1. The first-order valence-electron chi connectivity index (χ1n) is 7.56. The molecule has 4 N–H and O–H groups in total. The van der Waals surface area contributed by atoms with E-state index in [-0.39, 0.29) is 0 Å². The molecule has 2 heterocycles. The van der Waals surface area contributed by atoms with E-state index in [0.29, 0.717) is 17.6 Å². The van der Waals surface area contributed by atoms with Crippen LogP contribution in [0.1, 0.15) is 23.7 Å². The van der Waals surface area contributed by atoms with Crippen LogP contribution in [0.25, 0.3) is 11.3 Å². The molecule has 0 spiro atoms. The third-order valence-electron chi connectivity index (χ3n) is 4.05. The first-order chi connectivity index (χ1) is 10.6. The maximum Gasteiger partial charge on any atom is 0.250 e. The number of nitrogens with two attached hydrogens (primary N) is 1. The molecule has 1 amide bonds. The zero-order valence-electron chi connectivity index (χ0n) is 12.6. The van der Waals surface area contributed by atoms with Gasteiger partial charge in [0.25, 0.3) is 0 Å². The predicted molar refractivity (Wildman–Crippen MR) is 86.8 cm³/mol. The highest BCUT2D eigenvalue weighted by Gasteiger charge is 2.21. The molecule has 1 fully saturated rings. The molecule has 5 nitrogen and oxygen atoms in total. The molecule has 22 heavy (non-hydrogen) atoms. The maximum absolute atomic E-state index is 11.2. The van der Waals surface area contributed by atoms with Gasteiger partial charge >= 0.3 is 0 Å². The van der Waals surface area contributed by atoms with E-state index in [1.165, 1.54) is 0 Å². The van der Waals surface area contributed by atoms with Gasteiger partial charge in [0.05, 0.1) is 18.3 Å². The first kappa shape index (κ1) is 14.7. The van der Waals surface area contributed by atoms with Gasteiger partial charge in [0.2, 0.25) is 5.91 Å². The largest absolute Gasteiger partial charge is 0.384 e. The Bertz CT molecular complexity index is 665. The number of aromatic amines is 1. The Morgan fingerprint density at radius 3 is 2.95 bits per heavy atom. The Morgan fingerprint density at radius 1 is 1.45 bits per heavy atom. The van der Waals surface area contributed by atoms with Crippen LogP contribution in [0, 0.1) is 5.92 Å². The van der Waals surface area contributed by atoms with E-state index in [4.69, 9.17) is 10.5 Å². The van der Waals surface area contributed by atoms with Crippen LogP contribution in [0.15, 0.2) is 36.5 Å². The highest BCUT2D eigenvalue weighted by atomic mass is 16.5. The van der Waals surface area contributed by atoms with E-state index in [1.54, 1.807) is 12.3 Å². The smallest absolute Gasteiger partial charge is 0.250 e. The Morgan fingerprint density at radius 2 is 2.27 bits per heavy atom. The molecule has 1 aliphatic rings. The number of para-hydroxylation sites is 1. The van der Waals surface area contributed by atoms with Crippen molar-refractivity contribution in [2.45, 2.75) is 19.4 Å². The summed E-state index contributed by atoms with van der Waals surface area (Å²) in [5, 5.41) is 3.50. The van der Waals surface area contributed by atoms with Gasteiger partial charge in [-0.15, -0.1) is 0 Å². The summed E-state index contributed by atoms with van der Waals surface area (Å²) in [4.78, 5) is 14.3. The molecule has 1 aliphatic heterocycles. The quantitative estimate of drug-likeness (QED) is 0.794. The van der Waals surface area contributed by atoms with Crippen LogP contribution < -0.4 is 11.1 Å². The maximum atomic E-state index is 11.2. The van der Waals surface area contributed by atoms with Crippen molar-refractivity contribution in [1.82, 2.24) is 4.98 Å². The first-order valence-corrected chi connectivity index (χ1v) is 7.56. The normalized spacial score (nSPS) is 21.0. The van der Waals surface area contributed by atoms with Gasteiger partial charge < -0.3 is 20.8 Å². The fourth-order valence-corrected chi connectivity index (χ4v) is 2.87. The number of nitrogens with one attached hydrogen (secondary N) is 2. The second kappa shape index (κ2) is 6.23. The minimum absolute atomic E-state index is 0.351. The van der Waals surface area contributed by atoms with Gasteiger partial charge in [0.15, 0.2) is 0 Å². The molecule has 1 aromatic heterocycles. The van der Waals surface area contributed by atoms with Gasteiger partial charge in [-0.1, -0.05) is 18.2 Å². The van der Waals surface area contributed by atoms with Crippen LogP contribution in [0.4, 0.5) is 5.69 Å². The van der Waals surface area contributed by atoms with E-state index in [9.17, 15) is 4.79 Å². The molecule has 0 saturated carbocycles. The lowest BCUT2D eigenvalue weighted by Gasteiger charge is -2.14. The van der Waals surface area contributed by atoms with Crippen LogP contribution in [0.2, 0.25) is 0 Å². The zero-order chi connectivity index (χ0) is 15.5. The topological polar surface area (TPSA) is 80.1 Å². The van der Waals surface area contributed by atoms with E-state index in [0.717, 1.165) is 36.5 Å². The number of aromatic nitrogens is 1. The van der Waals surface area contributed by atoms with Gasteiger partial charge in [-0.25, -0.2) is 0 Å². The number of ether oxygens (including phenoxy) is 1. The molecular formula is C17H21N3O2. The molecule has 1 unspecified atom stereocenters. The molecule has 0 aliphatic carbocycles. The van der Waals surface area contributed by atoms with Gasteiger partial charge in [0.1, 0.15) is 0 Å². The number of H-pyrrole nitrogens is 1. The van der Waals surface area contributed by atoms with Gasteiger partial charge in [-0.3, -0.25) is 4.79 Å². The summed E-state index contributed by atoms with van der Waals surface area (Å²) in [6, 6.07) is 9.82. The van der Waals surface area contributed by atoms with Gasteiger partial charge in [-0.05, 0) is 25.5 Å². The minimum Gasteiger partial charge on any atom is -0.384 e. The monoisotopic (exact) mass is 299 g/mol. The number of rotatable bonds is 5. The van der Waals surface area contributed by atoms with Gasteiger partial charge in [0, 0.05) is 35.6 Å². The Kier molecular flexibility index (Phi) is 4.15. The molecule has 0 radical (unpaired) electrons. The van der Waals surface area contributed by atoms with Crippen molar-refractivity contribution in [2.24, 2.45) is 11.7 Å². The molecule has 0 bridgehead atoms. The van der Waals surface area contributed by atoms with E-state index in [1.807, 2.05) is 24.3 Å². The lowest BCUT2D eigenvalue weighted by molar-refractivity contribution is 0.100. The number of carbonyl (C=O) groups excluding carboxylic acids is 1. The summed E-state index contributed by atoms with van der Waals surface area (Å²) in [5.41, 5.74) is 8.75. The summed E-state index contributed by atoms with van der Waals surface area (Å²) < 4.78 is 5.60. The molecule has 1 saturated heterocycles. The molecule has 116 valence electrons. The summed E-state index contributed by atoms with van der Waals surface area (Å²) >= 11 is 0. The Balaban J connectivity index is 1.75. The molecule has 2 aromatic rings. The van der Waals surface area contributed by atoms with Crippen molar-refractivity contribution < 1.29 is 9.53 Å². The lowest BCUT2D eigenvalue weighted by Crippen LogP contribution is -2.14. The Hall–Kier alpha value is -2.27. The van der Waals surface area contributed by atoms with Crippen molar-refractivity contribution in [1.29, 1.82) is 0 Å². The van der Waals surface area contributed by atoms with E-state index >= 15 is 0 Å². The van der Waals surface area contributed by atoms with E-state index in [2.05, 4.69) is 17.2 Å². The molecule has 3 rings (SSSR count). The van der Waals surface area contributed by atoms with Crippen LogP contribution >= 0.6 is 0 Å². The van der Waals surface area contributed by atoms with Crippen molar-refractivity contribution in [3.8, 4) is 11.3 Å².